The molecule has 3 atom stereocenters. The fraction of sp³-hybridized carbons (Fsp3) is 0.600. The van der Waals surface area contributed by atoms with E-state index in [-0.39, 0.29) is 31.0 Å². The molecule has 0 aliphatic carbocycles. The van der Waals surface area contributed by atoms with Crippen LogP contribution in [-0.2, 0) is 10.0 Å². The normalized spacial score (nSPS) is 23.1. The molecule has 7 nitrogen and oxygen atoms in total. The van der Waals surface area contributed by atoms with Crippen LogP contribution in [-0.4, -0.2) is 65.1 Å². The van der Waals surface area contributed by atoms with Crippen molar-refractivity contribution in [3.8, 4) is 0 Å². The van der Waals surface area contributed by atoms with Crippen LogP contribution in [0.25, 0.3) is 5.52 Å². The third kappa shape index (κ3) is 4.04. The number of alkyl halides is 4. The van der Waals surface area contributed by atoms with Crippen LogP contribution in [0.4, 0.5) is 27.9 Å². The maximum Gasteiger partial charge on any atom is 0.396 e. The zero-order valence-electron chi connectivity index (χ0n) is 14.9. The highest BCUT2D eigenvalue weighted by Gasteiger charge is 2.40. The van der Waals surface area contributed by atoms with Gasteiger partial charge in [-0.25, -0.2) is 26.7 Å². The van der Waals surface area contributed by atoms with Crippen molar-refractivity contribution in [2.24, 2.45) is 0 Å². The van der Waals surface area contributed by atoms with Crippen LogP contribution in [0.3, 0.4) is 0 Å². The molecule has 0 radical (unpaired) electrons. The van der Waals surface area contributed by atoms with E-state index in [2.05, 4.69) is 15.4 Å². The number of fused-ring (bicyclic) bond motifs is 1. The Morgan fingerprint density at radius 3 is 2.61 bits per heavy atom. The van der Waals surface area contributed by atoms with Crippen molar-refractivity contribution in [2.75, 3.05) is 24.7 Å². The smallest absolute Gasteiger partial charge is 0.347 e. The van der Waals surface area contributed by atoms with Crippen LogP contribution in [0.5, 0.6) is 0 Å². The molecule has 156 valence electrons. The van der Waals surface area contributed by atoms with E-state index in [1.807, 2.05) is 0 Å². The predicted molar refractivity (Wildman–Crippen MR) is 90.8 cm³/mol. The van der Waals surface area contributed by atoms with E-state index in [1.54, 1.807) is 0 Å². The third-order valence-electron chi connectivity index (χ3n) is 4.72. The Balaban J connectivity index is 1.85. The van der Waals surface area contributed by atoms with Crippen LogP contribution in [0.2, 0.25) is 0 Å². The van der Waals surface area contributed by atoms with E-state index in [9.17, 15) is 30.4 Å². The van der Waals surface area contributed by atoms with Crippen LogP contribution in [0.1, 0.15) is 25.0 Å². The van der Waals surface area contributed by atoms with E-state index in [4.69, 9.17) is 0 Å². The quantitative estimate of drug-likeness (QED) is 0.758. The molecule has 1 N–H and O–H groups in total. The van der Waals surface area contributed by atoms with Crippen LogP contribution in [0, 0.1) is 5.82 Å². The van der Waals surface area contributed by atoms with Gasteiger partial charge in [-0.1, -0.05) is 0 Å². The SMILES string of the molecule is CC(c1cc(F)c2cnc(N[C@@H]3CCN(S(C)(=O)=O)C[C@H]3F)nn12)C(F)(F)F. The zero-order valence-corrected chi connectivity index (χ0v) is 15.7. The van der Waals surface area contributed by atoms with Gasteiger partial charge in [0.2, 0.25) is 16.0 Å². The summed E-state index contributed by atoms with van der Waals surface area (Å²) in [4.78, 5) is 3.84. The van der Waals surface area contributed by atoms with Gasteiger partial charge >= 0.3 is 6.18 Å². The van der Waals surface area contributed by atoms with Gasteiger partial charge in [-0.05, 0) is 19.4 Å². The van der Waals surface area contributed by atoms with Gasteiger partial charge in [0.25, 0.3) is 0 Å². The Hall–Kier alpha value is -2.02. The number of hydrogen-bond acceptors (Lipinski definition) is 5. The lowest BCUT2D eigenvalue weighted by Gasteiger charge is -2.33. The summed E-state index contributed by atoms with van der Waals surface area (Å²) in [5.74, 6) is -3.05. The number of halogens is 5. The number of nitrogens with one attached hydrogen (secondary N) is 1. The summed E-state index contributed by atoms with van der Waals surface area (Å²) < 4.78 is 92.2. The molecule has 28 heavy (non-hydrogen) atoms. The lowest BCUT2D eigenvalue weighted by Crippen LogP contribution is -2.49. The van der Waals surface area contributed by atoms with Crippen LogP contribution in [0.15, 0.2) is 12.3 Å². The summed E-state index contributed by atoms with van der Waals surface area (Å²) in [6.45, 7) is 0.607. The largest absolute Gasteiger partial charge is 0.396 e. The minimum absolute atomic E-state index is 0.0771. The molecule has 3 heterocycles. The van der Waals surface area contributed by atoms with Gasteiger partial charge < -0.3 is 5.32 Å². The van der Waals surface area contributed by atoms with Crippen molar-refractivity contribution in [3.05, 3.63) is 23.8 Å². The number of piperidine rings is 1. The van der Waals surface area contributed by atoms with Gasteiger partial charge in [0, 0.05) is 13.1 Å². The summed E-state index contributed by atoms with van der Waals surface area (Å²) >= 11 is 0. The first kappa shape index (κ1) is 20.7. The van der Waals surface area contributed by atoms with E-state index in [0.29, 0.717) is 0 Å². The Morgan fingerprint density at radius 2 is 2.04 bits per heavy atom. The first-order chi connectivity index (χ1) is 12.9. The second-order valence-corrected chi connectivity index (χ2v) is 8.72. The van der Waals surface area contributed by atoms with Gasteiger partial charge in [-0.15, -0.1) is 5.10 Å². The Bertz CT molecular complexity index is 977. The Labute approximate surface area is 157 Å². The molecule has 1 aliphatic heterocycles. The van der Waals surface area contributed by atoms with E-state index in [1.165, 1.54) is 0 Å². The number of anilines is 1. The van der Waals surface area contributed by atoms with Gasteiger partial charge in [-0.2, -0.15) is 17.5 Å². The molecule has 2 aromatic rings. The van der Waals surface area contributed by atoms with Gasteiger partial charge in [0.15, 0.2) is 5.82 Å². The summed E-state index contributed by atoms with van der Waals surface area (Å²) in [5, 5.41) is 6.55. The summed E-state index contributed by atoms with van der Waals surface area (Å²) in [6, 6.07) is -0.0894. The molecule has 0 amide bonds. The lowest BCUT2D eigenvalue weighted by molar-refractivity contribution is -0.147. The number of aromatic nitrogens is 3. The standard InChI is InChI=1S/C15H18F5N5O2S/c1-8(15(18,19)20)12-5-9(16)13-6-21-14(23-25(12)13)22-11-3-4-24(7-10(11)17)28(2,26)27/h5-6,8,10-11H,3-4,7H2,1-2H3,(H,22,23)/t8?,10-,11-/m1/s1. The van der Waals surface area contributed by atoms with E-state index >= 15 is 0 Å². The maximum atomic E-state index is 14.4. The first-order valence-electron chi connectivity index (χ1n) is 8.34. The van der Waals surface area contributed by atoms with Crippen molar-refractivity contribution in [1.82, 2.24) is 18.9 Å². The molecule has 0 aromatic carbocycles. The highest BCUT2D eigenvalue weighted by molar-refractivity contribution is 7.88. The molecule has 0 saturated carbocycles. The topological polar surface area (TPSA) is 79.6 Å². The average molecular weight is 427 g/mol. The highest BCUT2D eigenvalue weighted by Crippen LogP contribution is 2.35. The van der Waals surface area contributed by atoms with E-state index in [0.717, 1.165) is 34.3 Å². The van der Waals surface area contributed by atoms with Crippen molar-refractivity contribution < 1.29 is 30.4 Å². The van der Waals surface area contributed by atoms with Crippen molar-refractivity contribution in [2.45, 2.75) is 37.7 Å². The number of nitrogens with zero attached hydrogens (tertiary/aromatic N) is 4. The highest BCUT2D eigenvalue weighted by atomic mass is 32.2. The number of hydrogen-bond donors (Lipinski definition) is 1. The minimum atomic E-state index is -4.60. The van der Waals surface area contributed by atoms with Crippen molar-refractivity contribution in [1.29, 1.82) is 0 Å². The summed E-state index contributed by atoms with van der Waals surface area (Å²) in [5.41, 5.74) is -0.644. The molecular weight excluding hydrogens is 409 g/mol. The molecule has 13 heteroatoms. The molecule has 1 aliphatic rings. The second kappa shape index (κ2) is 7.10. The second-order valence-electron chi connectivity index (χ2n) is 6.74. The predicted octanol–water partition coefficient (Wildman–Crippen LogP) is 2.32. The van der Waals surface area contributed by atoms with Crippen LogP contribution >= 0.6 is 0 Å². The minimum Gasteiger partial charge on any atom is -0.347 e. The monoisotopic (exact) mass is 427 g/mol. The van der Waals surface area contributed by atoms with Gasteiger partial charge in [0.05, 0.1) is 30.1 Å². The van der Waals surface area contributed by atoms with E-state index < -0.39 is 45.8 Å². The zero-order chi connectivity index (χ0) is 20.9. The maximum absolute atomic E-state index is 14.4. The summed E-state index contributed by atoms with van der Waals surface area (Å²) in [7, 11) is -3.53. The Kier molecular flexibility index (Phi) is 5.25. The average Bonchev–Trinajstić information content (AvgIpc) is 2.90. The first-order valence-corrected chi connectivity index (χ1v) is 10.2. The Morgan fingerprint density at radius 1 is 1.36 bits per heavy atom. The molecule has 0 spiro atoms. The number of rotatable bonds is 4. The van der Waals surface area contributed by atoms with Gasteiger partial charge in [0.1, 0.15) is 11.7 Å². The summed E-state index contributed by atoms with van der Waals surface area (Å²) in [6.07, 6.45) is -4.06. The molecule has 2 aromatic heterocycles. The lowest BCUT2D eigenvalue weighted by atomic mass is 10.1. The van der Waals surface area contributed by atoms with Crippen LogP contribution < -0.4 is 5.32 Å². The fourth-order valence-corrected chi connectivity index (χ4v) is 3.88. The fourth-order valence-electron chi connectivity index (χ4n) is 3.02. The van der Waals surface area contributed by atoms with Crippen molar-refractivity contribution >= 4 is 21.5 Å². The number of sulfonamides is 1. The molecular formula is C15H18F5N5O2S. The molecule has 3 rings (SSSR count). The molecule has 0 bridgehead atoms. The van der Waals surface area contributed by atoms with Gasteiger partial charge in [-0.3, -0.25) is 0 Å². The molecule has 1 saturated heterocycles. The molecule has 1 fully saturated rings. The molecule has 1 unspecified atom stereocenters. The van der Waals surface area contributed by atoms with Crippen molar-refractivity contribution in [3.63, 3.8) is 0 Å². The third-order valence-corrected chi connectivity index (χ3v) is 5.99.